The van der Waals surface area contributed by atoms with Crippen molar-refractivity contribution in [1.82, 2.24) is 10.2 Å². The molecule has 78 valence electrons. The third-order valence-corrected chi connectivity index (χ3v) is 2.30. The summed E-state index contributed by atoms with van der Waals surface area (Å²) < 4.78 is 0. The minimum atomic E-state index is -0.591. The first-order valence-electron chi connectivity index (χ1n) is 4.68. The topological polar surface area (TPSA) is 66.5 Å². The second-order valence-corrected chi connectivity index (χ2v) is 3.55. The van der Waals surface area contributed by atoms with Crippen LogP contribution in [0.2, 0.25) is 0 Å². The lowest BCUT2D eigenvalue weighted by Crippen LogP contribution is -2.53. The minimum Gasteiger partial charge on any atom is -0.277 e. The van der Waals surface area contributed by atoms with Gasteiger partial charge >= 0.3 is 6.03 Å². The molecule has 1 atom stereocenters. The van der Waals surface area contributed by atoms with Gasteiger partial charge in [0.25, 0.3) is 0 Å². The second kappa shape index (κ2) is 4.21. The van der Waals surface area contributed by atoms with Crippen LogP contribution in [0.3, 0.4) is 0 Å². The zero-order valence-electron chi connectivity index (χ0n) is 8.37. The molecule has 0 radical (unpaired) electrons. The highest BCUT2D eigenvalue weighted by Gasteiger charge is 2.31. The van der Waals surface area contributed by atoms with E-state index in [9.17, 15) is 14.4 Å². The molecular formula is C9H14N2O3. The first-order chi connectivity index (χ1) is 6.54. The van der Waals surface area contributed by atoms with Gasteiger partial charge in [0, 0.05) is 6.54 Å². The van der Waals surface area contributed by atoms with E-state index in [0.29, 0.717) is 6.54 Å². The SMILES string of the molecule is CCC(C)CN1C(=O)CC(=O)NC1=O. The Morgan fingerprint density at radius 2 is 2.07 bits per heavy atom. The number of hydrogen-bond acceptors (Lipinski definition) is 3. The molecule has 0 bridgehead atoms. The van der Waals surface area contributed by atoms with Gasteiger partial charge in [-0.05, 0) is 5.92 Å². The number of urea groups is 1. The molecule has 1 N–H and O–H groups in total. The molecule has 1 saturated heterocycles. The Morgan fingerprint density at radius 3 is 2.57 bits per heavy atom. The van der Waals surface area contributed by atoms with Crippen molar-refractivity contribution < 1.29 is 14.4 Å². The zero-order chi connectivity index (χ0) is 10.7. The Labute approximate surface area is 82.4 Å². The van der Waals surface area contributed by atoms with Crippen molar-refractivity contribution in [3.05, 3.63) is 0 Å². The zero-order valence-corrected chi connectivity index (χ0v) is 8.37. The molecule has 0 saturated carbocycles. The van der Waals surface area contributed by atoms with Gasteiger partial charge in [0.15, 0.2) is 0 Å². The third-order valence-electron chi connectivity index (χ3n) is 2.30. The van der Waals surface area contributed by atoms with E-state index < -0.39 is 17.8 Å². The van der Waals surface area contributed by atoms with Crippen molar-refractivity contribution in [2.75, 3.05) is 6.54 Å². The summed E-state index contributed by atoms with van der Waals surface area (Å²) in [4.78, 5) is 34.5. The Kier molecular flexibility index (Phi) is 3.22. The first kappa shape index (κ1) is 10.7. The summed E-state index contributed by atoms with van der Waals surface area (Å²) in [7, 11) is 0. The Bertz CT molecular complexity index is 255. The van der Waals surface area contributed by atoms with Crippen molar-refractivity contribution in [1.29, 1.82) is 0 Å². The average molecular weight is 198 g/mol. The van der Waals surface area contributed by atoms with Crippen molar-refractivity contribution >= 4 is 17.8 Å². The van der Waals surface area contributed by atoms with E-state index >= 15 is 0 Å². The van der Waals surface area contributed by atoms with Crippen LogP contribution >= 0.6 is 0 Å². The van der Waals surface area contributed by atoms with Crippen LogP contribution in [0, 0.1) is 5.92 Å². The van der Waals surface area contributed by atoms with Crippen LogP contribution in [0.1, 0.15) is 26.7 Å². The molecule has 5 heteroatoms. The summed E-state index contributed by atoms with van der Waals surface area (Å²) in [5.74, 6) is -0.655. The van der Waals surface area contributed by atoms with E-state index in [1.807, 2.05) is 13.8 Å². The van der Waals surface area contributed by atoms with Crippen LogP contribution in [0.25, 0.3) is 0 Å². The van der Waals surface area contributed by atoms with Gasteiger partial charge in [-0.3, -0.25) is 19.8 Å². The van der Waals surface area contributed by atoms with Gasteiger partial charge in [0.2, 0.25) is 11.8 Å². The van der Waals surface area contributed by atoms with Gasteiger partial charge in [-0.2, -0.15) is 0 Å². The number of carbonyl (C=O) groups excluding carboxylic acids is 3. The van der Waals surface area contributed by atoms with E-state index in [2.05, 4.69) is 5.32 Å². The number of nitrogens with one attached hydrogen (secondary N) is 1. The molecule has 0 aromatic carbocycles. The highest BCUT2D eigenvalue weighted by Crippen LogP contribution is 2.09. The molecule has 0 aliphatic carbocycles. The summed E-state index contributed by atoms with van der Waals surface area (Å²) in [5.41, 5.74) is 0. The maximum Gasteiger partial charge on any atom is 0.330 e. The molecule has 5 nitrogen and oxygen atoms in total. The molecule has 1 rings (SSSR count). The van der Waals surface area contributed by atoms with Gasteiger partial charge in [0.1, 0.15) is 6.42 Å². The molecule has 1 unspecified atom stereocenters. The lowest BCUT2D eigenvalue weighted by molar-refractivity contribution is -0.136. The predicted octanol–water partition coefficient (Wildman–Crippen LogP) is 0.501. The fourth-order valence-corrected chi connectivity index (χ4v) is 1.20. The molecule has 4 amide bonds. The van der Waals surface area contributed by atoms with E-state index in [4.69, 9.17) is 0 Å². The monoisotopic (exact) mass is 198 g/mol. The Balaban J connectivity index is 2.63. The molecule has 1 aliphatic rings. The smallest absolute Gasteiger partial charge is 0.277 e. The van der Waals surface area contributed by atoms with Crippen LogP contribution in [0.15, 0.2) is 0 Å². The molecule has 1 fully saturated rings. The van der Waals surface area contributed by atoms with Gasteiger partial charge in [-0.1, -0.05) is 20.3 Å². The van der Waals surface area contributed by atoms with E-state index in [0.717, 1.165) is 11.3 Å². The fourth-order valence-electron chi connectivity index (χ4n) is 1.20. The van der Waals surface area contributed by atoms with E-state index in [1.54, 1.807) is 0 Å². The van der Waals surface area contributed by atoms with Crippen molar-refractivity contribution in [3.63, 3.8) is 0 Å². The number of amides is 4. The summed E-state index contributed by atoms with van der Waals surface area (Å²) in [6, 6.07) is -0.591. The minimum absolute atomic E-state index is 0.220. The number of nitrogens with zero attached hydrogens (tertiary/aromatic N) is 1. The first-order valence-corrected chi connectivity index (χ1v) is 4.68. The summed E-state index contributed by atoms with van der Waals surface area (Å²) in [5, 5.41) is 2.12. The number of hydrogen-bond donors (Lipinski definition) is 1. The molecular weight excluding hydrogens is 184 g/mol. The second-order valence-electron chi connectivity index (χ2n) is 3.55. The third kappa shape index (κ3) is 2.31. The van der Waals surface area contributed by atoms with Gasteiger partial charge in [-0.25, -0.2) is 4.79 Å². The fraction of sp³-hybridized carbons (Fsp3) is 0.667. The van der Waals surface area contributed by atoms with Crippen LogP contribution in [0.5, 0.6) is 0 Å². The van der Waals surface area contributed by atoms with E-state index in [-0.39, 0.29) is 12.3 Å². The van der Waals surface area contributed by atoms with Crippen LogP contribution in [0.4, 0.5) is 4.79 Å². The normalized spacial score (nSPS) is 19.6. The molecule has 0 aromatic heterocycles. The number of barbiturate groups is 1. The summed E-state index contributed by atoms with van der Waals surface area (Å²) in [6.07, 6.45) is 0.674. The maximum absolute atomic E-state index is 11.3. The summed E-state index contributed by atoms with van der Waals surface area (Å²) >= 11 is 0. The molecule has 1 heterocycles. The van der Waals surface area contributed by atoms with Crippen molar-refractivity contribution in [2.45, 2.75) is 26.7 Å². The predicted molar refractivity (Wildman–Crippen MR) is 49.3 cm³/mol. The highest BCUT2D eigenvalue weighted by atomic mass is 16.2. The highest BCUT2D eigenvalue weighted by molar-refractivity contribution is 6.14. The Hall–Kier alpha value is -1.39. The van der Waals surface area contributed by atoms with Crippen molar-refractivity contribution in [3.8, 4) is 0 Å². The molecule has 0 aromatic rings. The number of carbonyl (C=O) groups is 3. The summed E-state index contributed by atoms with van der Waals surface area (Å²) in [6.45, 7) is 4.33. The average Bonchev–Trinajstić information content (AvgIpc) is 2.10. The standard InChI is InChI=1S/C9H14N2O3/c1-3-6(2)5-11-8(13)4-7(12)10-9(11)14/h6H,3-5H2,1-2H3,(H,10,12,14). The van der Waals surface area contributed by atoms with Crippen LogP contribution in [-0.4, -0.2) is 29.3 Å². The molecule has 0 spiro atoms. The van der Waals surface area contributed by atoms with Crippen molar-refractivity contribution in [2.24, 2.45) is 5.92 Å². The van der Waals surface area contributed by atoms with Gasteiger partial charge in [-0.15, -0.1) is 0 Å². The quantitative estimate of drug-likeness (QED) is 0.671. The lowest BCUT2D eigenvalue weighted by Gasteiger charge is -2.26. The van der Waals surface area contributed by atoms with Crippen LogP contribution in [-0.2, 0) is 9.59 Å². The number of imide groups is 2. The Morgan fingerprint density at radius 1 is 1.43 bits per heavy atom. The maximum atomic E-state index is 11.3. The molecule has 14 heavy (non-hydrogen) atoms. The van der Waals surface area contributed by atoms with E-state index in [1.165, 1.54) is 0 Å². The van der Waals surface area contributed by atoms with Gasteiger partial charge < -0.3 is 0 Å². The largest absolute Gasteiger partial charge is 0.330 e. The van der Waals surface area contributed by atoms with Crippen LogP contribution < -0.4 is 5.32 Å². The van der Waals surface area contributed by atoms with Gasteiger partial charge in [0.05, 0.1) is 0 Å². The lowest BCUT2D eigenvalue weighted by atomic mass is 10.1. The molecule has 1 aliphatic heterocycles. The number of rotatable bonds is 3.